The van der Waals surface area contributed by atoms with Crippen LogP contribution < -0.4 is 10.6 Å². The summed E-state index contributed by atoms with van der Waals surface area (Å²) in [6.45, 7) is 4.70. The molecule has 0 saturated heterocycles. The van der Waals surface area contributed by atoms with E-state index in [0.717, 1.165) is 31.2 Å². The van der Waals surface area contributed by atoms with Crippen LogP contribution in [-0.2, 0) is 17.9 Å². The Morgan fingerprint density at radius 2 is 2.03 bits per heavy atom. The Balaban J connectivity index is 1.56. The van der Waals surface area contributed by atoms with Gasteiger partial charge in [0.05, 0.1) is 12.9 Å². The fourth-order valence-electron chi connectivity index (χ4n) is 4.75. The van der Waals surface area contributed by atoms with Crippen LogP contribution in [-0.4, -0.2) is 50.3 Å². The topological polar surface area (TPSA) is 96.3 Å². The van der Waals surface area contributed by atoms with Gasteiger partial charge in [0.1, 0.15) is 11.2 Å². The Bertz CT molecular complexity index is 1060. The van der Waals surface area contributed by atoms with Crippen molar-refractivity contribution in [2.24, 2.45) is 0 Å². The number of amides is 3. The molecule has 1 aliphatic carbocycles. The smallest absolute Gasteiger partial charge is 0.273 e. The molecule has 33 heavy (non-hydrogen) atoms. The summed E-state index contributed by atoms with van der Waals surface area (Å²) < 4.78 is 1.64. The Hall–Kier alpha value is -2.87. The Morgan fingerprint density at radius 3 is 2.73 bits per heavy atom. The molecule has 0 bridgehead atoms. The zero-order chi connectivity index (χ0) is 23.6. The van der Waals surface area contributed by atoms with E-state index in [1.807, 2.05) is 19.1 Å². The van der Waals surface area contributed by atoms with E-state index in [0.29, 0.717) is 18.0 Å². The van der Waals surface area contributed by atoms with Crippen LogP contribution in [0.3, 0.4) is 0 Å². The minimum Gasteiger partial charge on any atom is -0.351 e. The van der Waals surface area contributed by atoms with Crippen LogP contribution in [0.4, 0.5) is 0 Å². The average Bonchev–Trinajstić information content (AvgIpc) is 3.45. The lowest BCUT2D eigenvalue weighted by Gasteiger charge is -2.44. The predicted molar refractivity (Wildman–Crippen MR) is 125 cm³/mol. The van der Waals surface area contributed by atoms with Gasteiger partial charge in [-0.1, -0.05) is 43.5 Å². The van der Waals surface area contributed by atoms with Crippen LogP contribution in [0.15, 0.2) is 30.6 Å². The quantitative estimate of drug-likeness (QED) is 0.648. The molecule has 176 valence electrons. The first-order chi connectivity index (χ1) is 15.8. The number of hydrogen-bond acceptors (Lipinski definition) is 4. The Kier molecular flexibility index (Phi) is 6.74. The molecule has 2 N–H and O–H groups in total. The monoisotopic (exact) mass is 471 g/mol. The maximum absolute atomic E-state index is 13.6. The zero-order valence-corrected chi connectivity index (χ0v) is 19.8. The van der Waals surface area contributed by atoms with E-state index in [1.165, 1.54) is 6.33 Å². The average molecular weight is 472 g/mol. The van der Waals surface area contributed by atoms with Gasteiger partial charge < -0.3 is 20.1 Å². The van der Waals surface area contributed by atoms with Gasteiger partial charge in [0.25, 0.3) is 11.8 Å². The fraction of sp³-hybridized carbons (Fsp3) is 0.500. The first kappa shape index (κ1) is 23.3. The summed E-state index contributed by atoms with van der Waals surface area (Å²) in [6, 6.07) is 7.36. The number of carbonyl (C=O) groups excluding carboxylic acids is 3. The molecule has 0 spiro atoms. The molecular weight excluding hydrogens is 442 g/mol. The fourth-order valence-corrected chi connectivity index (χ4v) is 4.96. The molecule has 1 atom stereocenters. The number of fused-ring (bicyclic) bond motifs is 1. The van der Waals surface area contributed by atoms with Crippen molar-refractivity contribution in [3.8, 4) is 0 Å². The van der Waals surface area contributed by atoms with Crippen molar-refractivity contribution in [1.29, 1.82) is 0 Å². The minimum absolute atomic E-state index is 0.0707. The van der Waals surface area contributed by atoms with Crippen molar-refractivity contribution in [2.75, 3.05) is 6.54 Å². The lowest BCUT2D eigenvalue weighted by Crippen LogP contribution is -2.65. The van der Waals surface area contributed by atoms with E-state index in [2.05, 4.69) is 15.6 Å². The molecule has 8 nitrogen and oxygen atoms in total. The third kappa shape index (κ3) is 4.62. The summed E-state index contributed by atoms with van der Waals surface area (Å²) in [5.41, 5.74) is 0.0938. The van der Waals surface area contributed by atoms with Crippen molar-refractivity contribution >= 4 is 29.3 Å². The van der Waals surface area contributed by atoms with Crippen molar-refractivity contribution in [2.45, 2.75) is 70.6 Å². The number of nitrogens with zero attached hydrogens (tertiary/aromatic N) is 3. The predicted octanol–water partition coefficient (Wildman–Crippen LogP) is 3.15. The van der Waals surface area contributed by atoms with Gasteiger partial charge in [-0.2, -0.15) is 0 Å². The molecule has 0 unspecified atom stereocenters. The SMILES string of the molecule is CCCN1C(=O)c2c(C(=O)NCc3cccc(Cl)c3)ncn2C[C@]1(C)C(=O)NC1CCCC1. The molecule has 1 aliphatic heterocycles. The van der Waals surface area contributed by atoms with Gasteiger partial charge in [-0.15, -0.1) is 0 Å². The highest BCUT2D eigenvalue weighted by Gasteiger charge is 2.48. The molecule has 2 aromatic rings. The number of halogens is 1. The summed E-state index contributed by atoms with van der Waals surface area (Å²) in [7, 11) is 0. The van der Waals surface area contributed by atoms with Gasteiger partial charge in [0, 0.05) is 24.2 Å². The molecule has 9 heteroatoms. The largest absolute Gasteiger partial charge is 0.351 e. The van der Waals surface area contributed by atoms with Crippen LogP contribution in [0, 0.1) is 0 Å². The molecule has 1 saturated carbocycles. The van der Waals surface area contributed by atoms with Crippen LogP contribution >= 0.6 is 11.6 Å². The third-order valence-corrected chi connectivity index (χ3v) is 6.78. The van der Waals surface area contributed by atoms with E-state index in [1.54, 1.807) is 28.5 Å². The summed E-state index contributed by atoms with van der Waals surface area (Å²) in [5, 5.41) is 6.54. The summed E-state index contributed by atoms with van der Waals surface area (Å²) in [6.07, 6.45) is 6.33. The first-order valence-corrected chi connectivity index (χ1v) is 11.9. The van der Waals surface area contributed by atoms with Gasteiger partial charge in [-0.3, -0.25) is 14.4 Å². The summed E-state index contributed by atoms with van der Waals surface area (Å²) >= 11 is 6.01. The standard InChI is InChI=1S/C24H30ClN5O3/c1-3-11-30-22(32)20-19(21(31)26-13-16-7-6-8-17(25)12-16)27-15-29(20)14-24(30,2)23(33)28-18-9-4-5-10-18/h6-8,12,15,18H,3-5,9-11,13-14H2,1-2H3,(H,26,31)(H,28,33)/t24-/m1/s1. The Labute approximate surface area is 198 Å². The highest BCUT2D eigenvalue weighted by atomic mass is 35.5. The molecule has 2 aliphatic rings. The lowest BCUT2D eigenvalue weighted by atomic mass is 9.93. The van der Waals surface area contributed by atoms with E-state index in [9.17, 15) is 14.4 Å². The van der Waals surface area contributed by atoms with Crippen LogP contribution in [0.25, 0.3) is 0 Å². The Morgan fingerprint density at radius 1 is 1.27 bits per heavy atom. The second-order valence-electron chi connectivity index (χ2n) is 9.07. The van der Waals surface area contributed by atoms with E-state index in [4.69, 9.17) is 11.6 Å². The third-order valence-electron chi connectivity index (χ3n) is 6.54. The van der Waals surface area contributed by atoms with Gasteiger partial charge >= 0.3 is 0 Å². The molecule has 4 rings (SSSR count). The normalized spacial score (nSPS) is 20.6. The molecule has 1 aromatic heterocycles. The van der Waals surface area contributed by atoms with Crippen molar-refractivity contribution in [3.63, 3.8) is 0 Å². The highest BCUT2D eigenvalue weighted by Crippen LogP contribution is 2.30. The molecular formula is C24H30ClN5O3. The number of benzene rings is 1. The molecule has 2 heterocycles. The number of imidazole rings is 1. The van der Waals surface area contributed by atoms with Gasteiger partial charge in [-0.25, -0.2) is 4.98 Å². The highest BCUT2D eigenvalue weighted by molar-refractivity contribution is 6.30. The van der Waals surface area contributed by atoms with Gasteiger partial charge in [0.2, 0.25) is 5.91 Å². The number of aromatic nitrogens is 2. The second-order valence-corrected chi connectivity index (χ2v) is 9.50. The van der Waals surface area contributed by atoms with Gasteiger partial charge in [0.15, 0.2) is 5.69 Å². The molecule has 1 fully saturated rings. The summed E-state index contributed by atoms with van der Waals surface area (Å²) in [5.74, 6) is -0.937. The maximum Gasteiger partial charge on any atom is 0.273 e. The van der Waals surface area contributed by atoms with Gasteiger partial charge in [-0.05, 0) is 43.9 Å². The molecule has 0 radical (unpaired) electrons. The van der Waals surface area contributed by atoms with Crippen molar-refractivity contribution in [1.82, 2.24) is 25.1 Å². The molecule has 1 aromatic carbocycles. The lowest BCUT2D eigenvalue weighted by molar-refractivity contribution is -0.133. The van der Waals surface area contributed by atoms with E-state index in [-0.39, 0.29) is 42.3 Å². The van der Waals surface area contributed by atoms with Crippen LogP contribution in [0.5, 0.6) is 0 Å². The van der Waals surface area contributed by atoms with Crippen LogP contribution in [0.1, 0.15) is 72.5 Å². The number of carbonyl (C=O) groups is 3. The second kappa shape index (κ2) is 9.55. The number of rotatable bonds is 7. The van der Waals surface area contributed by atoms with Crippen LogP contribution in [0.2, 0.25) is 5.02 Å². The number of hydrogen-bond donors (Lipinski definition) is 2. The maximum atomic E-state index is 13.6. The first-order valence-electron chi connectivity index (χ1n) is 11.5. The number of nitrogens with one attached hydrogen (secondary N) is 2. The summed E-state index contributed by atoms with van der Waals surface area (Å²) in [4.78, 5) is 45.6. The zero-order valence-electron chi connectivity index (χ0n) is 19.1. The minimum atomic E-state index is -1.04. The van der Waals surface area contributed by atoms with Crippen molar-refractivity contribution in [3.05, 3.63) is 52.6 Å². The van der Waals surface area contributed by atoms with E-state index < -0.39 is 11.4 Å². The van der Waals surface area contributed by atoms with Crippen molar-refractivity contribution < 1.29 is 14.4 Å². The molecule has 3 amide bonds. The van der Waals surface area contributed by atoms with E-state index >= 15 is 0 Å².